The molecule has 0 atom stereocenters. The maximum Gasteiger partial charge on any atom is 0.434 e. The largest absolute Gasteiger partial charge is 0.434 e. The van der Waals surface area contributed by atoms with E-state index in [4.69, 9.17) is 32.6 Å². The SMILES string of the molecule is CON(C)C(=O)c1c(-c2ccccc2Cl)noc1-c1cnn(-c2cccc(Cl)c2)c1C(F)(F)F. The number of hydrogen-bond acceptors (Lipinski definition) is 5. The molecule has 0 N–H and O–H groups in total. The van der Waals surface area contributed by atoms with Gasteiger partial charge in [-0.2, -0.15) is 18.3 Å². The molecule has 176 valence electrons. The third-order valence-corrected chi connectivity index (χ3v) is 5.49. The second-order valence-electron chi connectivity index (χ2n) is 7.00. The molecule has 12 heteroatoms. The van der Waals surface area contributed by atoms with Crippen molar-refractivity contribution in [2.24, 2.45) is 0 Å². The van der Waals surface area contributed by atoms with Crippen LogP contribution in [0.25, 0.3) is 28.3 Å². The fourth-order valence-electron chi connectivity index (χ4n) is 3.34. The van der Waals surface area contributed by atoms with E-state index in [9.17, 15) is 18.0 Å². The average Bonchev–Trinajstić information content (AvgIpc) is 3.43. The van der Waals surface area contributed by atoms with Crippen LogP contribution in [0.5, 0.6) is 0 Å². The fraction of sp³-hybridized carbons (Fsp3) is 0.136. The Hall–Kier alpha value is -3.34. The molecular formula is C22H15Cl2F3N4O3. The quantitative estimate of drug-likeness (QED) is 0.301. The lowest BCUT2D eigenvalue weighted by Gasteiger charge is -2.15. The van der Waals surface area contributed by atoms with E-state index < -0.39 is 29.1 Å². The molecule has 0 aliphatic heterocycles. The van der Waals surface area contributed by atoms with Crippen LogP contribution in [0, 0.1) is 0 Å². The first-order valence-corrected chi connectivity index (χ1v) is 10.4. The van der Waals surface area contributed by atoms with Crippen LogP contribution in [0.15, 0.2) is 59.3 Å². The third kappa shape index (κ3) is 4.27. The molecule has 4 aromatic rings. The van der Waals surface area contributed by atoms with E-state index in [1.165, 1.54) is 38.4 Å². The topological polar surface area (TPSA) is 73.4 Å². The third-order valence-electron chi connectivity index (χ3n) is 4.93. The van der Waals surface area contributed by atoms with Crippen molar-refractivity contribution in [3.63, 3.8) is 0 Å². The van der Waals surface area contributed by atoms with Gasteiger partial charge >= 0.3 is 6.18 Å². The molecule has 0 bridgehead atoms. The highest BCUT2D eigenvalue weighted by atomic mass is 35.5. The fourth-order valence-corrected chi connectivity index (χ4v) is 3.75. The van der Waals surface area contributed by atoms with Crippen LogP contribution >= 0.6 is 23.2 Å². The minimum absolute atomic E-state index is 0.0434. The van der Waals surface area contributed by atoms with Crippen LogP contribution in [0.2, 0.25) is 10.0 Å². The molecule has 0 spiro atoms. The summed E-state index contributed by atoms with van der Waals surface area (Å²) in [5, 5.41) is 9.08. The molecule has 0 unspecified atom stereocenters. The lowest BCUT2D eigenvalue weighted by Crippen LogP contribution is -2.26. The molecule has 4 rings (SSSR count). The van der Waals surface area contributed by atoms with Crippen molar-refractivity contribution in [1.29, 1.82) is 0 Å². The monoisotopic (exact) mass is 510 g/mol. The number of carbonyl (C=O) groups is 1. The first-order valence-electron chi connectivity index (χ1n) is 9.61. The van der Waals surface area contributed by atoms with E-state index in [1.54, 1.807) is 24.3 Å². The van der Waals surface area contributed by atoms with Gasteiger partial charge in [0.2, 0.25) is 0 Å². The number of nitrogens with zero attached hydrogens (tertiary/aromatic N) is 4. The Kier molecular flexibility index (Phi) is 6.39. The Morgan fingerprint density at radius 3 is 2.50 bits per heavy atom. The van der Waals surface area contributed by atoms with Gasteiger partial charge in [-0.1, -0.05) is 52.6 Å². The van der Waals surface area contributed by atoms with Gasteiger partial charge in [0.1, 0.15) is 11.3 Å². The lowest BCUT2D eigenvalue weighted by atomic mass is 10.0. The van der Waals surface area contributed by atoms with Gasteiger partial charge in [0.05, 0.1) is 29.6 Å². The normalized spacial score (nSPS) is 11.6. The molecular weight excluding hydrogens is 496 g/mol. The minimum Gasteiger partial charge on any atom is -0.355 e. The average molecular weight is 511 g/mol. The van der Waals surface area contributed by atoms with Crippen LogP contribution in [0.3, 0.4) is 0 Å². The molecule has 7 nitrogen and oxygen atoms in total. The van der Waals surface area contributed by atoms with Crippen molar-refractivity contribution >= 4 is 29.1 Å². The summed E-state index contributed by atoms with van der Waals surface area (Å²) in [6.07, 6.45) is -3.93. The van der Waals surface area contributed by atoms with Gasteiger partial charge in [0.25, 0.3) is 5.91 Å². The molecule has 2 heterocycles. The van der Waals surface area contributed by atoms with Gasteiger partial charge in [-0.05, 0) is 24.3 Å². The number of alkyl halides is 3. The second kappa shape index (κ2) is 9.13. The van der Waals surface area contributed by atoms with E-state index in [-0.39, 0.29) is 27.0 Å². The van der Waals surface area contributed by atoms with E-state index in [2.05, 4.69) is 10.3 Å². The smallest absolute Gasteiger partial charge is 0.355 e. The van der Waals surface area contributed by atoms with E-state index >= 15 is 0 Å². The van der Waals surface area contributed by atoms with Crippen LogP contribution in [-0.2, 0) is 11.0 Å². The van der Waals surface area contributed by atoms with E-state index in [0.717, 1.165) is 11.3 Å². The second-order valence-corrected chi connectivity index (χ2v) is 7.84. The van der Waals surface area contributed by atoms with Gasteiger partial charge in [-0.15, -0.1) is 0 Å². The standard InChI is InChI=1S/C22H15Cl2F3N4O3/c1-30(33-2)21(32)17-18(14-8-3-4-9-16(14)24)29-34-19(17)15-11-28-31(20(15)22(25,26)27)13-7-5-6-12(23)10-13/h3-11H,1-2H3. The number of rotatable bonds is 5. The zero-order chi connectivity index (χ0) is 24.6. The summed E-state index contributed by atoms with van der Waals surface area (Å²) in [4.78, 5) is 18.1. The van der Waals surface area contributed by atoms with Gasteiger partial charge in [-0.25, -0.2) is 9.75 Å². The lowest BCUT2D eigenvalue weighted by molar-refractivity contribution is -0.142. The molecule has 1 amide bonds. The predicted molar refractivity (Wildman–Crippen MR) is 119 cm³/mol. The summed E-state index contributed by atoms with van der Waals surface area (Å²) in [7, 11) is 2.54. The van der Waals surface area contributed by atoms with Gasteiger partial charge in [-0.3, -0.25) is 9.63 Å². The highest BCUT2D eigenvalue weighted by Crippen LogP contribution is 2.42. The molecule has 2 aromatic carbocycles. The first kappa shape index (κ1) is 23.8. The summed E-state index contributed by atoms with van der Waals surface area (Å²) >= 11 is 12.2. The summed E-state index contributed by atoms with van der Waals surface area (Å²) in [5.74, 6) is -1.23. The maximum absolute atomic E-state index is 14.3. The zero-order valence-corrected chi connectivity index (χ0v) is 19.1. The Morgan fingerprint density at radius 2 is 1.85 bits per heavy atom. The maximum atomic E-state index is 14.3. The van der Waals surface area contributed by atoms with Crippen LogP contribution < -0.4 is 0 Å². The van der Waals surface area contributed by atoms with Crippen molar-refractivity contribution in [1.82, 2.24) is 20.0 Å². The Morgan fingerprint density at radius 1 is 1.12 bits per heavy atom. The number of amides is 1. The van der Waals surface area contributed by atoms with Gasteiger partial charge < -0.3 is 4.52 Å². The minimum atomic E-state index is -4.88. The summed E-state index contributed by atoms with van der Waals surface area (Å²) in [6.45, 7) is 0. The van der Waals surface area contributed by atoms with Gasteiger partial charge in [0.15, 0.2) is 11.5 Å². The Balaban J connectivity index is 2.00. The number of hydrogen-bond donors (Lipinski definition) is 0. The summed E-state index contributed by atoms with van der Waals surface area (Å²) in [6, 6.07) is 12.2. The first-order chi connectivity index (χ1) is 16.1. The number of benzene rings is 2. The molecule has 0 saturated heterocycles. The van der Waals surface area contributed by atoms with Crippen LogP contribution in [0.4, 0.5) is 13.2 Å². The van der Waals surface area contributed by atoms with Crippen molar-refractivity contribution in [2.45, 2.75) is 6.18 Å². The number of hydroxylamine groups is 2. The highest BCUT2D eigenvalue weighted by molar-refractivity contribution is 6.33. The van der Waals surface area contributed by atoms with Crippen molar-refractivity contribution < 1.29 is 27.3 Å². The number of carbonyl (C=O) groups excluding carboxylic acids is 1. The van der Waals surface area contributed by atoms with E-state index in [0.29, 0.717) is 10.2 Å². The van der Waals surface area contributed by atoms with Crippen molar-refractivity contribution in [2.75, 3.05) is 14.2 Å². The summed E-state index contributed by atoms with van der Waals surface area (Å²) < 4.78 is 48.8. The molecule has 0 saturated carbocycles. The van der Waals surface area contributed by atoms with Crippen LogP contribution in [0.1, 0.15) is 16.1 Å². The molecule has 2 aromatic heterocycles. The number of halogens is 5. The highest BCUT2D eigenvalue weighted by Gasteiger charge is 2.42. The summed E-state index contributed by atoms with van der Waals surface area (Å²) in [5.41, 5.74) is -1.62. The Bertz CT molecular complexity index is 1370. The van der Waals surface area contributed by atoms with Crippen molar-refractivity contribution in [3.8, 4) is 28.3 Å². The molecule has 34 heavy (non-hydrogen) atoms. The number of aromatic nitrogens is 3. The molecule has 0 fully saturated rings. The predicted octanol–water partition coefficient (Wildman–Crippen LogP) is 6.15. The van der Waals surface area contributed by atoms with E-state index in [1.807, 2.05) is 0 Å². The van der Waals surface area contributed by atoms with Gasteiger partial charge in [0, 0.05) is 17.6 Å². The van der Waals surface area contributed by atoms with Crippen LogP contribution in [-0.4, -0.2) is 40.1 Å². The molecule has 0 aliphatic carbocycles. The zero-order valence-electron chi connectivity index (χ0n) is 17.6. The molecule has 0 aliphatic rings. The molecule has 0 radical (unpaired) electrons. The van der Waals surface area contributed by atoms with Crippen molar-refractivity contribution in [3.05, 3.63) is 76.0 Å². The Labute approximate surface area is 201 Å².